The fourth-order valence-electron chi connectivity index (χ4n) is 2.62. The molecule has 8 heteroatoms. The molecule has 1 unspecified atom stereocenters. The van der Waals surface area contributed by atoms with Gasteiger partial charge in [0, 0.05) is 33.2 Å². The molecule has 0 aliphatic heterocycles. The third kappa shape index (κ3) is 10.9. The molecule has 0 spiro atoms. The van der Waals surface area contributed by atoms with Crippen LogP contribution in [0.4, 0.5) is 4.79 Å². The van der Waals surface area contributed by atoms with Crippen LogP contribution in [0.25, 0.3) is 0 Å². The molecule has 3 N–H and O–H groups in total. The summed E-state index contributed by atoms with van der Waals surface area (Å²) in [5.41, 5.74) is -1.11. The van der Waals surface area contributed by atoms with Crippen LogP contribution in [-0.2, 0) is 9.53 Å². The molecular weight excluding hydrogens is 370 g/mol. The van der Waals surface area contributed by atoms with Crippen LogP contribution < -0.4 is 16.0 Å². The van der Waals surface area contributed by atoms with Gasteiger partial charge in [-0.05, 0) is 53.9 Å². The van der Waals surface area contributed by atoms with Gasteiger partial charge in [0.15, 0.2) is 5.96 Å². The van der Waals surface area contributed by atoms with Crippen molar-refractivity contribution in [3.8, 4) is 0 Å². The lowest BCUT2D eigenvalue weighted by atomic mass is 9.93. The second kappa shape index (κ2) is 11.9. The van der Waals surface area contributed by atoms with Gasteiger partial charge in [0.1, 0.15) is 5.60 Å². The van der Waals surface area contributed by atoms with E-state index < -0.39 is 17.1 Å². The molecule has 0 saturated heterocycles. The summed E-state index contributed by atoms with van der Waals surface area (Å²) < 4.78 is 5.38. The van der Waals surface area contributed by atoms with E-state index in [0.717, 1.165) is 18.9 Å². The van der Waals surface area contributed by atoms with E-state index in [1.165, 1.54) is 0 Å². The van der Waals surface area contributed by atoms with Gasteiger partial charge < -0.3 is 25.6 Å². The summed E-state index contributed by atoms with van der Waals surface area (Å²) in [4.78, 5) is 30.8. The Morgan fingerprint density at radius 1 is 1.14 bits per heavy atom. The summed E-state index contributed by atoms with van der Waals surface area (Å²) in [6.45, 7) is 17.3. The van der Waals surface area contributed by atoms with E-state index in [-0.39, 0.29) is 17.9 Å². The SMILES string of the molecule is CCNC(=NCC(C)(C)C(=O)NC)N(C)CCC(NC(=O)OC(C)(C)C)C(C)C. The maximum Gasteiger partial charge on any atom is 0.407 e. The number of nitrogens with one attached hydrogen (secondary N) is 3. The zero-order valence-electron chi connectivity index (χ0n) is 20.1. The van der Waals surface area contributed by atoms with Crippen molar-refractivity contribution in [3.63, 3.8) is 0 Å². The number of ether oxygens (including phenoxy) is 1. The first kappa shape index (κ1) is 27.0. The Morgan fingerprint density at radius 2 is 1.72 bits per heavy atom. The fraction of sp³-hybridized carbons (Fsp3) is 0.857. The molecule has 2 amide bonds. The topological polar surface area (TPSA) is 95.1 Å². The summed E-state index contributed by atoms with van der Waals surface area (Å²) in [6, 6.07) is -0.0162. The van der Waals surface area contributed by atoms with Crippen LogP contribution in [-0.4, -0.2) is 68.2 Å². The van der Waals surface area contributed by atoms with Gasteiger partial charge in [-0.2, -0.15) is 0 Å². The highest BCUT2D eigenvalue weighted by Crippen LogP contribution is 2.16. The van der Waals surface area contributed by atoms with E-state index in [4.69, 9.17) is 4.74 Å². The van der Waals surface area contributed by atoms with Crippen LogP contribution in [0.2, 0.25) is 0 Å². The Morgan fingerprint density at radius 3 is 2.17 bits per heavy atom. The van der Waals surface area contributed by atoms with Crippen molar-refractivity contribution in [3.05, 3.63) is 0 Å². The molecule has 1 atom stereocenters. The molecule has 0 aliphatic rings. The monoisotopic (exact) mass is 413 g/mol. The third-order valence-electron chi connectivity index (χ3n) is 4.44. The summed E-state index contributed by atoms with van der Waals surface area (Å²) in [7, 11) is 3.59. The number of amides is 2. The van der Waals surface area contributed by atoms with Crippen molar-refractivity contribution in [2.75, 3.05) is 33.7 Å². The minimum absolute atomic E-state index is 0.0162. The zero-order valence-corrected chi connectivity index (χ0v) is 20.1. The Labute approximate surface area is 177 Å². The van der Waals surface area contributed by atoms with Crippen molar-refractivity contribution in [1.29, 1.82) is 0 Å². The van der Waals surface area contributed by atoms with Crippen LogP contribution in [0.1, 0.15) is 61.8 Å². The van der Waals surface area contributed by atoms with E-state index >= 15 is 0 Å². The lowest BCUT2D eigenvalue weighted by molar-refractivity contribution is -0.128. The molecule has 0 rings (SSSR count). The predicted molar refractivity (Wildman–Crippen MR) is 119 cm³/mol. The molecule has 0 aromatic heterocycles. The van der Waals surface area contributed by atoms with Crippen molar-refractivity contribution in [1.82, 2.24) is 20.9 Å². The van der Waals surface area contributed by atoms with Gasteiger partial charge in [-0.15, -0.1) is 0 Å². The predicted octanol–water partition coefficient (Wildman–Crippen LogP) is 2.60. The largest absolute Gasteiger partial charge is 0.444 e. The first-order valence-corrected chi connectivity index (χ1v) is 10.4. The van der Waals surface area contributed by atoms with E-state index in [2.05, 4.69) is 34.8 Å². The molecule has 8 nitrogen and oxygen atoms in total. The molecule has 0 aromatic rings. The molecule has 0 bridgehead atoms. The quantitative estimate of drug-likeness (QED) is 0.399. The summed E-state index contributed by atoms with van der Waals surface area (Å²) >= 11 is 0. The van der Waals surface area contributed by atoms with E-state index in [1.54, 1.807) is 7.05 Å². The Balaban J connectivity index is 5.02. The number of carbonyl (C=O) groups is 2. The second-order valence-electron chi connectivity index (χ2n) is 9.34. The van der Waals surface area contributed by atoms with Gasteiger partial charge in [-0.1, -0.05) is 13.8 Å². The van der Waals surface area contributed by atoms with Gasteiger partial charge in [0.2, 0.25) is 5.91 Å². The number of nitrogens with zero attached hydrogens (tertiary/aromatic N) is 2. The first-order chi connectivity index (χ1) is 13.2. The van der Waals surface area contributed by atoms with Gasteiger partial charge in [0.05, 0.1) is 12.0 Å². The molecule has 0 saturated carbocycles. The van der Waals surface area contributed by atoms with Gasteiger partial charge in [0.25, 0.3) is 0 Å². The maximum atomic E-state index is 12.1. The number of hydrogen-bond acceptors (Lipinski definition) is 4. The molecule has 0 aliphatic carbocycles. The number of carbonyl (C=O) groups excluding carboxylic acids is 2. The summed E-state index contributed by atoms with van der Waals surface area (Å²) in [6.07, 6.45) is 0.350. The summed E-state index contributed by atoms with van der Waals surface area (Å²) in [5, 5.41) is 8.93. The number of guanidine groups is 1. The average Bonchev–Trinajstić information content (AvgIpc) is 2.59. The number of aliphatic imine (C=N–C) groups is 1. The van der Waals surface area contributed by atoms with E-state index in [9.17, 15) is 9.59 Å². The lowest BCUT2D eigenvalue weighted by Crippen LogP contribution is -2.46. The van der Waals surface area contributed by atoms with Gasteiger partial charge >= 0.3 is 6.09 Å². The Hall–Kier alpha value is -1.99. The van der Waals surface area contributed by atoms with Gasteiger partial charge in [-0.25, -0.2) is 4.79 Å². The Kier molecular flexibility index (Phi) is 11.1. The summed E-state index contributed by atoms with van der Waals surface area (Å²) in [5.74, 6) is 0.966. The van der Waals surface area contributed by atoms with Crippen LogP contribution in [0.15, 0.2) is 4.99 Å². The maximum absolute atomic E-state index is 12.1. The average molecular weight is 414 g/mol. The zero-order chi connectivity index (χ0) is 22.8. The number of alkyl carbamates (subject to hydrolysis) is 1. The lowest BCUT2D eigenvalue weighted by Gasteiger charge is -2.29. The van der Waals surface area contributed by atoms with Crippen molar-refractivity contribution in [2.24, 2.45) is 16.3 Å². The molecule has 0 fully saturated rings. The molecule has 170 valence electrons. The molecule has 0 radical (unpaired) electrons. The fourth-order valence-corrected chi connectivity index (χ4v) is 2.62. The molecule has 0 heterocycles. The van der Waals surface area contributed by atoms with Gasteiger partial charge in [-0.3, -0.25) is 9.79 Å². The minimum atomic E-state index is -0.588. The van der Waals surface area contributed by atoms with Crippen LogP contribution in [0.5, 0.6) is 0 Å². The number of hydrogen-bond donors (Lipinski definition) is 3. The molecular formula is C21H43N5O3. The minimum Gasteiger partial charge on any atom is -0.444 e. The van der Waals surface area contributed by atoms with Crippen molar-refractivity contribution in [2.45, 2.75) is 73.5 Å². The highest BCUT2D eigenvalue weighted by Gasteiger charge is 2.27. The van der Waals surface area contributed by atoms with Crippen LogP contribution in [0.3, 0.4) is 0 Å². The van der Waals surface area contributed by atoms with Crippen LogP contribution >= 0.6 is 0 Å². The molecule has 0 aromatic carbocycles. The molecule has 29 heavy (non-hydrogen) atoms. The smallest absolute Gasteiger partial charge is 0.407 e. The first-order valence-electron chi connectivity index (χ1n) is 10.4. The van der Waals surface area contributed by atoms with Crippen LogP contribution in [0, 0.1) is 11.3 Å². The second-order valence-corrected chi connectivity index (χ2v) is 9.34. The Bertz CT molecular complexity index is 553. The van der Waals surface area contributed by atoms with E-state index in [1.807, 2.05) is 53.5 Å². The van der Waals surface area contributed by atoms with Crippen molar-refractivity contribution >= 4 is 18.0 Å². The van der Waals surface area contributed by atoms with E-state index in [0.29, 0.717) is 13.1 Å². The highest BCUT2D eigenvalue weighted by molar-refractivity contribution is 5.83. The number of rotatable bonds is 9. The third-order valence-corrected chi connectivity index (χ3v) is 4.44. The van der Waals surface area contributed by atoms with Crippen molar-refractivity contribution < 1.29 is 14.3 Å². The highest BCUT2D eigenvalue weighted by atomic mass is 16.6. The normalized spacial score (nSPS) is 13.7. The standard InChI is InChI=1S/C21H43N5O3/c1-11-23-18(24-14-21(7,8)17(27)22-9)26(10)13-12-16(15(2)3)25-19(28)29-20(4,5)6/h15-16H,11-14H2,1-10H3,(H,22,27)(H,23,24)(H,25,28).